The number of ether oxygens (including phenoxy) is 2. The fraction of sp³-hybridized carbons (Fsp3) is 0.364. The molecule has 0 unspecified atom stereocenters. The van der Waals surface area contributed by atoms with Gasteiger partial charge in [-0.05, 0) is 25.1 Å². The lowest BCUT2D eigenvalue weighted by molar-refractivity contribution is -0.0885. The first-order chi connectivity index (χ1) is 7.90. The van der Waals surface area contributed by atoms with Crippen LogP contribution >= 0.6 is 0 Å². The molecule has 0 heterocycles. The SMILES string of the molecule is CCOc1ccc(C(=O)C(F)(F)F)cc1OC. The van der Waals surface area contributed by atoms with Crippen LogP contribution in [-0.2, 0) is 0 Å². The van der Waals surface area contributed by atoms with Gasteiger partial charge in [0.25, 0.3) is 5.78 Å². The van der Waals surface area contributed by atoms with Gasteiger partial charge < -0.3 is 9.47 Å². The third-order valence-electron chi connectivity index (χ3n) is 1.98. The summed E-state index contributed by atoms with van der Waals surface area (Å²) in [5.74, 6) is -1.51. The molecule has 0 atom stereocenters. The molecule has 0 N–H and O–H groups in total. The van der Waals surface area contributed by atoms with E-state index in [2.05, 4.69) is 0 Å². The van der Waals surface area contributed by atoms with Crippen molar-refractivity contribution in [2.45, 2.75) is 13.1 Å². The number of carbonyl (C=O) groups is 1. The van der Waals surface area contributed by atoms with Gasteiger partial charge in [0.1, 0.15) is 0 Å². The number of hydrogen-bond acceptors (Lipinski definition) is 3. The van der Waals surface area contributed by atoms with Gasteiger partial charge >= 0.3 is 6.18 Å². The smallest absolute Gasteiger partial charge is 0.454 e. The third-order valence-corrected chi connectivity index (χ3v) is 1.98. The maximum Gasteiger partial charge on any atom is 0.454 e. The average molecular weight is 248 g/mol. The van der Waals surface area contributed by atoms with Crippen molar-refractivity contribution in [2.24, 2.45) is 0 Å². The van der Waals surface area contributed by atoms with Crippen molar-refractivity contribution in [2.75, 3.05) is 13.7 Å². The number of carbonyl (C=O) groups excluding carboxylic acids is 1. The van der Waals surface area contributed by atoms with Crippen LogP contribution in [0.3, 0.4) is 0 Å². The molecule has 0 fully saturated rings. The first-order valence-electron chi connectivity index (χ1n) is 4.82. The number of methoxy groups -OCH3 is 1. The highest BCUT2D eigenvalue weighted by Gasteiger charge is 2.39. The van der Waals surface area contributed by atoms with Crippen molar-refractivity contribution in [1.82, 2.24) is 0 Å². The number of halogens is 3. The standard InChI is InChI=1S/C11H11F3O3/c1-3-17-8-5-4-7(6-9(8)16-2)10(15)11(12,13)14/h4-6H,3H2,1-2H3. The summed E-state index contributed by atoms with van der Waals surface area (Å²) >= 11 is 0. The quantitative estimate of drug-likeness (QED) is 0.768. The Bertz CT molecular complexity index is 413. The highest BCUT2D eigenvalue weighted by molar-refractivity contribution is 6.00. The minimum Gasteiger partial charge on any atom is -0.493 e. The Morgan fingerprint density at radius 2 is 1.94 bits per heavy atom. The van der Waals surface area contributed by atoms with E-state index in [4.69, 9.17) is 9.47 Å². The van der Waals surface area contributed by atoms with Crippen LogP contribution in [0.4, 0.5) is 13.2 Å². The lowest BCUT2D eigenvalue weighted by Gasteiger charge is -2.11. The van der Waals surface area contributed by atoms with Gasteiger partial charge in [-0.2, -0.15) is 13.2 Å². The molecular formula is C11H11F3O3. The van der Waals surface area contributed by atoms with E-state index >= 15 is 0 Å². The normalized spacial score (nSPS) is 11.1. The molecule has 0 spiro atoms. The van der Waals surface area contributed by atoms with Gasteiger partial charge in [0.2, 0.25) is 0 Å². The Morgan fingerprint density at radius 3 is 2.41 bits per heavy atom. The average Bonchev–Trinajstić information content (AvgIpc) is 2.28. The maximum atomic E-state index is 12.2. The van der Waals surface area contributed by atoms with Crippen LogP contribution in [0.25, 0.3) is 0 Å². The predicted molar refractivity (Wildman–Crippen MR) is 54.5 cm³/mol. The zero-order valence-corrected chi connectivity index (χ0v) is 9.30. The summed E-state index contributed by atoms with van der Waals surface area (Å²) in [6.07, 6.45) is -4.89. The van der Waals surface area contributed by atoms with E-state index in [9.17, 15) is 18.0 Å². The topological polar surface area (TPSA) is 35.5 Å². The van der Waals surface area contributed by atoms with Gasteiger partial charge in [-0.3, -0.25) is 4.79 Å². The Hall–Kier alpha value is -1.72. The fourth-order valence-electron chi connectivity index (χ4n) is 1.25. The maximum absolute atomic E-state index is 12.2. The van der Waals surface area contributed by atoms with Crippen molar-refractivity contribution in [3.63, 3.8) is 0 Å². The monoisotopic (exact) mass is 248 g/mol. The van der Waals surface area contributed by atoms with Gasteiger partial charge in [0.15, 0.2) is 11.5 Å². The van der Waals surface area contributed by atoms with E-state index in [1.165, 1.54) is 13.2 Å². The summed E-state index contributed by atoms with van der Waals surface area (Å²) in [5.41, 5.74) is -0.474. The molecule has 0 aromatic heterocycles. The van der Waals surface area contributed by atoms with Crippen LogP contribution in [-0.4, -0.2) is 25.7 Å². The molecule has 0 aliphatic rings. The largest absolute Gasteiger partial charge is 0.493 e. The zero-order chi connectivity index (χ0) is 13.1. The minimum absolute atomic E-state index is 0.0990. The van der Waals surface area contributed by atoms with Crippen molar-refractivity contribution >= 4 is 5.78 Å². The molecule has 0 saturated carbocycles. The fourth-order valence-corrected chi connectivity index (χ4v) is 1.25. The summed E-state index contributed by atoms with van der Waals surface area (Å²) < 4.78 is 46.6. The van der Waals surface area contributed by atoms with Gasteiger partial charge in [-0.15, -0.1) is 0 Å². The Kier molecular flexibility index (Phi) is 3.98. The van der Waals surface area contributed by atoms with E-state index < -0.39 is 17.5 Å². The molecule has 0 radical (unpaired) electrons. The first-order valence-corrected chi connectivity index (χ1v) is 4.82. The van der Waals surface area contributed by atoms with Crippen LogP contribution in [0.1, 0.15) is 17.3 Å². The number of hydrogen-bond donors (Lipinski definition) is 0. The molecular weight excluding hydrogens is 237 g/mol. The Labute approximate surface area is 96.1 Å². The number of benzene rings is 1. The molecule has 1 aromatic carbocycles. The van der Waals surface area contributed by atoms with Gasteiger partial charge in [0.05, 0.1) is 13.7 Å². The molecule has 0 bridgehead atoms. The molecule has 0 amide bonds. The first kappa shape index (κ1) is 13.3. The number of alkyl halides is 3. The lowest BCUT2D eigenvalue weighted by atomic mass is 10.1. The molecule has 94 valence electrons. The van der Waals surface area contributed by atoms with Gasteiger partial charge in [-0.1, -0.05) is 0 Å². The number of ketones is 1. The second-order valence-corrected chi connectivity index (χ2v) is 3.13. The van der Waals surface area contributed by atoms with Crippen LogP contribution in [0, 0.1) is 0 Å². The van der Waals surface area contributed by atoms with E-state index in [0.29, 0.717) is 12.4 Å². The van der Waals surface area contributed by atoms with Crippen molar-refractivity contribution in [3.8, 4) is 11.5 Å². The van der Waals surface area contributed by atoms with Crippen LogP contribution in [0.2, 0.25) is 0 Å². The summed E-state index contributed by atoms with van der Waals surface area (Å²) in [4.78, 5) is 11.0. The summed E-state index contributed by atoms with van der Waals surface area (Å²) in [7, 11) is 1.29. The summed E-state index contributed by atoms with van der Waals surface area (Å²) in [5, 5.41) is 0. The predicted octanol–water partition coefficient (Wildman–Crippen LogP) is 2.84. The highest BCUT2D eigenvalue weighted by Crippen LogP contribution is 2.30. The van der Waals surface area contributed by atoms with Crippen LogP contribution < -0.4 is 9.47 Å². The third kappa shape index (κ3) is 3.12. The van der Waals surface area contributed by atoms with E-state index in [1.54, 1.807) is 6.92 Å². The second kappa shape index (κ2) is 5.07. The Morgan fingerprint density at radius 1 is 1.29 bits per heavy atom. The molecule has 17 heavy (non-hydrogen) atoms. The van der Waals surface area contributed by atoms with Gasteiger partial charge in [0, 0.05) is 5.56 Å². The molecule has 6 heteroatoms. The number of rotatable bonds is 4. The zero-order valence-electron chi connectivity index (χ0n) is 9.30. The highest BCUT2D eigenvalue weighted by atomic mass is 19.4. The molecule has 0 aliphatic heterocycles. The van der Waals surface area contributed by atoms with Crippen molar-refractivity contribution < 1.29 is 27.4 Å². The molecule has 3 nitrogen and oxygen atoms in total. The van der Waals surface area contributed by atoms with E-state index in [0.717, 1.165) is 12.1 Å². The second-order valence-electron chi connectivity index (χ2n) is 3.13. The molecule has 0 saturated heterocycles. The van der Waals surface area contributed by atoms with E-state index in [1.807, 2.05) is 0 Å². The van der Waals surface area contributed by atoms with Crippen LogP contribution in [0.5, 0.6) is 11.5 Å². The summed E-state index contributed by atoms with van der Waals surface area (Å²) in [6, 6.07) is 3.35. The van der Waals surface area contributed by atoms with Crippen LogP contribution in [0.15, 0.2) is 18.2 Å². The molecule has 1 aromatic rings. The van der Waals surface area contributed by atoms with Crippen molar-refractivity contribution in [3.05, 3.63) is 23.8 Å². The van der Waals surface area contributed by atoms with Crippen molar-refractivity contribution in [1.29, 1.82) is 0 Å². The lowest BCUT2D eigenvalue weighted by Crippen LogP contribution is -2.22. The molecule has 0 aliphatic carbocycles. The van der Waals surface area contributed by atoms with E-state index in [-0.39, 0.29) is 5.75 Å². The number of Topliss-reactive ketones (excluding diaryl/α,β-unsaturated/α-hetero) is 1. The molecule has 1 rings (SSSR count). The summed E-state index contributed by atoms with van der Waals surface area (Å²) in [6.45, 7) is 2.08. The van der Waals surface area contributed by atoms with Gasteiger partial charge in [-0.25, -0.2) is 0 Å². The Balaban J connectivity index is 3.09. The minimum atomic E-state index is -4.89.